The molecule has 3 nitrogen and oxygen atoms in total. The Bertz CT molecular complexity index is 580. The number of aromatic nitrogens is 1. The molecule has 4 heteroatoms. The van der Waals surface area contributed by atoms with E-state index in [0.29, 0.717) is 6.04 Å². The van der Waals surface area contributed by atoms with Gasteiger partial charge in [-0.25, -0.2) is 4.98 Å². The standard InChI is InChI=1S/C17H24N2OS/c1-5-10-18-12(2)17-13(3)19-16(21-17)11-14-8-6-7-9-15(14)20-4/h6-9,12,18H,5,10-11H2,1-4H3. The van der Waals surface area contributed by atoms with Crippen LogP contribution in [0.15, 0.2) is 24.3 Å². The van der Waals surface area contributed by atoms with Gasteiger partial charge in [-0.3, -0.25) is 0 Å². The van der Waals surface area contributed by atoms with Crippen LogP contribution < -0.4 is 10.1 Å². The Balaban J connectivity index is 2.15. The Kier molecular flexibility index (Phi) is 5.76. The fourth-order valence-electron chi connectivity index (χ4n) is 2.41. The SMILES string of the molecule is CCCNC(C)c1sc(Cc2ccccc2OC)nc1C. The number of aryl methyl sites for hydroxylation is 1. The van der Waals surface area contributed by atoms with E-state index in [4.69, 9.17) is 9.72 Å². The minimum atomic E-state index is 0.369. The first-order valence-corrected chi connectivity index (χ1v) is 8.28. The molecule has 1 aromatic carbocycles. The van der Waals surface area contributed by atoms with Crippen LogP contribution in [0.4, 0.5) is 0 Å². The highest BCUT2D eigenvalue weighted by molar-refractivity contribution is 7.11. The fraction of sp³-hybridized carbons (Fsp3) is 0.471. The molecule has 0 aliphatic carbocycles. The van der Waals surface area contributed by atoms with Crippen molar-refractivity contribution in [1.29, 1.82) is 0 Å². The largest absolute Gasteiger partial charge is 0.496 e. The summed E-state index contributed by atoms with van der Waals surface area (Å²) in [6.45, 7) is 7.54. The van der Waals surface area contributed by atoms with E-state index in [-0.39, 0.29) is 0 Å². The average molecular weight is 304 g/mol. The summed E-state index contributed by atoms with van der Waals surface area (Å²) in [5, 5.41) is 4.69. The normalized spacial score (nSPS) is 12.4. The highest BCUT2D eigenvalue weighted by atomic mass is 32.1. The average Bonchev–Trinajstić information content (AvgIpc) is 2.86. The van der Waals surface area contributed by atoms with Gasteiger partial charge in [-0.2, -0.15) is 0 Å². The molecule has 2 aromatic rings. The molecule has 1 aromatic heterocycles. The molecule has 1 atom stereocenters. The van der Waals surface area contributed by atoms with E-state index in [2.05, 4.69) is 32.2 Å². The fourth-order valence-corrected chi connectivity index (χ4v) is 3.53. The van der Waals surface area contributed by atoms with E-state index in [1.54, 1.807) is 18.4 Å². The lowest BCUT2D eigenvalue weighted by atomic mass is 10.1. The summed E-state index contributed by atoms with van der Waals surface area (Å²) >= 11 is 1.80. The van der Waals surface area contributed by atoms with Crippen LogP contribution in [0.1, 0.15) is 47.5 Å². The summed E-state index contributed by atoms with van der Waals surface area (Å²) in [5.41, 5.74) is 2.33. The van der Waals surface area contributed by atoms with E-state index in [1.165, 1.54) is 10.4 Å². The first-order valence-electron chi connectivity index (χ1n) is 7.47. The van der Waals surface area contributed by atoms with Gasteiger partial charge >= 0.3 is 0 Å². The Morgan fingerprint density at radius 2 is 2.10 bits per heavy atom. The lowest BCUT2D eigenvalue weighted by Crippen LogP contribution is -2.18. The number of nitrogens with zero attached hydrogens (tertiary/aromatic N) is 1. The van der Waals surface area contributed by atoms with E-state index in [1.807, 2.05) is 18.2 Å². The molecule has 21 heavy (non-hydrogen) atoms. The maximum absolute atomic E-state index is 5.42. The molecule has 0 radical (unpaired) electrons. The molecule has 0 fully saturated rings. The van der Waals surface area contributed by atoms with E-state index >= 15 is 0 Å². The third-order valence-electron chi connectivity index (χ3n) is 3.50. The number of hydrogen-bond donors (Lipinski definition) is 1. The molecular formula is C17H24N2OS. The lowest BCUT2D eigenvalue weighted by molar-refractivity contribution is 0.410. The van der Waals surface area contributed by atoms with Crippen LogP contribution >= 0.6 is 11.3 Å². The zero-order valence-corrected chi connectivity index (χ0v) is 14.1. The van der Waals surface area contributed by atoms with Gasteiger partial charge in [0.2, 0.25) is 0 Å². The van der Waals surface area contributed by atoms with Gasteiger partial charge in [-0.1, -0.05) is 25.1 Å². The van der Waals surface area contributed by atoms with Gasteiger partial charge in [-0.05, 0) is 32.9 Å². The predicted molar refractivity (Wildman–Crippen MR) is 89.4 cm³/mol. The smallest absolute Gasteiger partial charge is 0.122 e. The van der Waals surface area contributed by atoms with Crippen LogP contribution in [0.3, 0.4) is 0 Å². The molecule has 0 spiro atoms. The number of hydrogen-bond acceptors (Lipinski definition) is 4. The first-order chi connectivity index (χ1) is 10.2. The molecule has 0 amide bonds. The highest BCUT2D eigenvalue weighted by Gasteiger charge is 2.14. The lowest BCUT2D eigenvalue weighted by Gasteiger charge is -2.11. The minimum Gasteiger partial charge on any atom is -0.496 e. The molecule has 1 heterocycles. The summed E-state index contributed by atoms with van der Waals surface area (Å²) in [6, 6.07) is 8.52. The van der Waals surface area contributed by atoms with E-state index in [0.717, 1.165) is 35.8 Å². The molecule has 0 saturated heterocycles. The molecule has 0 bridgehead atoms. The quantitative estimate of drug-likeness (QED) is 0.836. The molecule has 0 aliphatic heterocycles. The van der Waals surface area contributed by atoms with Crippen molar-refractivity contribution in [3.63, 3.8) is 0 Å². The van der Waals surface area contributed by atoms with E-state index in [9.17, 15) is 0 Å². The highest BCUT2D eigenvalue weighted by Crippen LogP contribution is 2.28. The Hall–Kier alpha value is -1.39. The minimum absolute atomic E-state index is 0.369. The van der Waals surface area contributed by atoms with Crippen LogP contribution in [0.25, 0.3) is 0 Å². The van der Waals surface area contributed by atoms with Crippen molar-refractivity contribution in [1.82, 2.24) is 10.3 Å². The zero-order chi connectivity index (χ0) is 15.2. The summed E-state index contributed by atoms with van der Waals surface area (Å²) < 4.78 is 5.42. The number of methoxy groups -OCH3 is 1. The van der Waals surface area contributed by atoms with Crippen LogP contribution in [0.2, 0.25) is 0 Å². The molecule has 1 unspecified atom stereocenters. The monoisotopic (exact) mass is 304 g/mol. The predicted octanol–water partition coefficient (Wildman–Crippen LogP) is 4.11. The van der Waals surface area contributed by atoms with Gasteiger partial charge in [0.05, 0.1) is 17.8 Å². The van der Waals surface area contributed by atoms with Crippen molar-refractivity contribution in [2.45, 2.75) is 39.7 Å². The molecule has 2 rings (SSSR count). The summed E-state index contributed by atoms with van der Waals surface area (Å²) in [5.74, 6) is 0.934. The molecule has 1 N–H and O–H groups in total. The maximum atomic E-state index is 5.42. The Morgan fingerprint density at radius 3 is 2.81 bits per heavy atom. The second-order valence-electron chi connectivity index (χ2n) is 5.22. The topological polar surface area (TPSA) is 34.1 Å². The van der Waals surface area contributed by atoms with Crippen LogP contribution in [-0.4, -0.2) is 18.6 Å². The number of rotatable bonds is 7. The van der Waals surface area contributed by atoms with Crippen LogP contribution in [-0.2, 0) is 6.42 Å². The van der Waals surface area contributed by atoms with Gasteiger partial charge in [0.1, 0.15) is 5.75 Å². The zero-order valence-electron chi connectivity index (χ0n) is 13.3. The van der Waals surface area contributed by atoms with Crippen LogP contribution in [0, 0.1) is 6.92 Å². The third kappa shape index (κ3) is 4.05. The van der Waals surface area contributed by atoms with Crippen molar-refractivity contribution in [3.8, 4) is 5.75 Å². The number of para-hydroxylation sites is 1. The molecular weight excluding hydrogens is 280 g/mol. The van der Waals surface area contributed by atoms with Crippen molar-refractivity contribution < 1.29 is 4.74 Å². The first kappa shape index (κ1) is 16.0. The summed E-state index contributed by atoms with van der Waals surface area (Å²) in [6.07, 6.45) is 1.98. The van der Waals surface area contributed by atoms with Gasteiger partial charge in [0.15, 0.2) is 0 Å². The second-order valence-corrected chi connectivity index (χ2v) is 6.34. The number of ether oxygens (including phenoxy) is 1. The maximum Gasteiger partial charge on any atom is 0.122 e. The van der Waals surface area contributed by atoms with Gasteiger partial charge in [0.25, 0.3) is 0 Å². The van der Waals surface area contributed by atoms with Gasteiger partial charge in [-0.15, -0.1) is 11.3 Å². The molecule has 0 saturated carbocycles. The summed E-state index contributed by atoms with van der Waals surface area (Å²) in [4.78, 5) is 6.07. The Labute approximate surface area is 131 Å². The molecule has 114 valence electrons. The number of thiazole rings is 1. The Morgan fingerprint density at radius 1 is 1.33 bits per heavy atom. The third-order valence-corrected chi connectivity index (χ3v) is 4.84. The molecule has 0 aliphatic rings. The number of benzene rings is 1. The van der Waals surface area contributed by atoms with Gasteiger partial charge in [0, 0.05) is 22.9 Å². The van der Waals surface area contributed by atoms with Crippen molar-refractivity contribution >= 4 is 11.3 Å². The second kappa shape index (κ2) is 7.57. The van der Waals surface area contributed by atoms with Crippen molar-refractivity contribution in [2.75, 3.05) is 13.7 Å². The summed E-state index contributed by atoms with van der Waals surface area (Å²) in [7, 11) is 1.72. The van der Waals surface area contributed by atoms with Crippen molar-refractivity contribution in [3.05, 3.63) is 45.4 Å². The van der Waals surface area contributed by atoms with E-state index < -0.39 is 0 Å². The van der Waals surface area contributed by atoms with Crippen LogP contribution in [0.5, 0.6) is 5.75 Å². The van der Waals surface area contributed by atoms with Crippen molar-refractivity contribution in [2.24, 2.45) is 0 Å². The van der Waals surface area contributed by atoms with Gasteiger partial charge < -0.3 is 10.1 Å². The number of nitrogens with one attached hydrogen (secondary N) is 1.